The van der Waals surface area contributed by atoms with E-state index in [0.29, 0.717) is 0 Å². The van der Waals surface area contributed by atoms with Crippen LogP contribution < -0.4 is 9.64 Å². The minimum atomic E-state index is -0.486. The Morgan fingerprint density at radius 3 is 2.81 bits per heavy atom. The zero-order chi connectivity index (χ0) is 17.7. The highest BCUT2D eigenvalue weighted by molar-refractivity contribution is 8.16. The smallest absolute Gasteiger partial charge is 0.265 e. The first-order valence-electron chi connectivity index (χ1n) is 9.02. The molecule has 0 radical (unpaired) electrons. The molecule has 5 heteroatoms. The van der Waals surface area contributed by atoms with Crippen LogP contribution in [-0.2, 0) is 11.2 Å². The van der Waals surface area contributed by atoms with Gasteiger partial charge in [0.1, 0.15) is 15.5 Å². The van der Waals surface area contributed by atoms with Crippen LogP contribution in [0.15, 0.2) is 53.5 Å². The second kappa shape index (κ2) is 5.88. The Morgan fingerprint density at radius 2 is 2.00 bits per heavy atom. The van der Waals surface area contributed by atoms with Gasteiger partial charge in [0, 0.05) is 24.2 Å². The van der Waals surface area contributed by atoms with Gasteiger partial charge in [0.2, 0.25) is 0 Å². The maximum absolute atomic E-state index is 13.2. The number of carbonyl (C=O) groups is 1. The molecule has 0 aliphatic carbocycles. The average Bonchev–Trinajstić information content (AvgIpc) is 3.29. The maximum Gasteiger partial charge on any atom is 0.265 e. The number of fused-ring (bicyclic) bond motifs is 4. The van der Waals surface area contributed by atoms with Crippen molar-refractivity contribution in [3.8, 4) is 5.75 Å². The minimum Gasteiger partial charge on any atom is -0.497 e. The number of nitrogens with zero attached hydrogens (tertiary/aromatic N) is 2. The summed E-state index contributed by atoms with van der Waals surface area (Å²) in [7, 11) is 1.66. The molecule has 0 N–H and O–H groups in total. The molecule has 4 nitrogen and oxygen atoms in total. The van der Waals surface area contributed by atoms with Crippen molar-refractivity contribution in [1.29, 1.82) is 0 Å². The first-order chi connectivity index (χ1) is 12.7. The van der Waals surface area contributed by atoms with E-state index in [1.807, 2.05) is 24.3 Å². The van der Waals surface area contributed by atoms with E-state index in [2.05, 4.69) is 34.2 Å². The Labute approximate surface area is 157 Å². The molecule has 1 amide bonds. The van der Waals surface area contributed by atoms with Gasteiger partial charge >= 0.3 is 0 Å². The molecule has 2 atom stereocenters. The van der Waals surface area contributed by atoms with Crippen molar-refractivity contribution >= 4 is 28.4 Å². The number of carbonyl (C=O) groups excluding carboxylic acids is 1. The molecule has 132 valence electrons. The average molecular weight is 364 g/mol. The summed E-state index contributed by atoms with van der Waals surface area (Å²) < 4.78 is 4.75. The summed E-state index contributed by atoms with van der Waals surface area (Å²) in [6.45, 7) is 1.02. The highest BCUT2D eigenvalue weighted by Crippen LogP contribution is 2.51. The number of benzene rings is 2. The number of para-hydroxylation sites is 1. The Kier molecular flexibility index (Phi) is 3.60. The van der Waals surface area contributed by atoms with E-state index in [0.717, 1.165) is 42.2 Å². The molecule has 1 spiro atoms. The molecule has 5 rings (SSSR count). The van der Waals surface area contributed by atoms with E-state index >= 15 is 0 Å². The molecule has 0 bridgehead atoms. The van der Waals surface area contributed by atoms with Gasteiger partial charge in [-0.05, 0) is 48.7 Å². The van der Waals surface area contributed by atoms with Crippen molar-refractivity contribution < 1.29 is 9.53 Å². The van der Waals surface area contributed by atoms with E-state index in [1.54, 1.807) is 18.9 Å². The summed E-state index contributed by atoms with van der Waals surface area (Å²) in [4.78, 5) is 20.1. The summed E-state index contributed by atoms with van der Waals surface area (Å²) in [6.07, 6.45) is 2.95. The predicted octanol–water partition coefficient (Wildman–Crippen LogP) is 3.68. The van der Waals surface area contributed by atoms with Gasteiger partial charge in [-0.25, -0.2) is 4.99 Å². The Balaban J connectivity index is 1.53. The number of hydrogen-bond acceptors (Lipinski definition) is 4. The number of rotatable bonds is 2. The molecule has 3 heterocycles. The van der Waals surface area contributed by atoms with E-state index in [1.165, 1.54) is 11.3 Å². The lowest BCUT2D eigenvalue weighted by Crippen LogP contribution is -2.55. The highest BCUT2D eigenvalue weighted by atomic mass is 32.2. The number of ether oxygens (including phenoxy) is 1. The fraction of sp³-hybridized carbons (Fsp3) is 0.333. The van der Waals surface area contributed by atoms with Crippen LogP contribution in [0.5, 0.6) is 5.75 Å². The quantitative estimate of drug-likeness (QED) is 0.815. The lowest BCUT2D eigenvalue weighted by atomic mass is 9.84. The lowest BCUT2D eigenvalue weighted by Gasteiger charge is -2.44. The molecule has 0 saturated carbocycles. The van der Waals surface area contributed by atoms with Gasteiger partial charge in [0.25, 0.3) is 5.91 Å². The molecule has 3 aliphatic rings. The molecular formula is C21H20N2O2S. The van der Waals surface area contributed by atoms with Crippen molar-refractivity contribution in [2.45, 2.75) is 30.1 Å². The van der Waals surface area contributed by atoms with Crippen molar-refractivity contribution in [3.05, 3.63) is 59.7 Å². The molecule has 1 fully saturated rings. The van der Waals surface area contributed by atoms with Crippen molar-refractivity contribution in [2.75, 3.05) is 18.6 Å². The fourth-order valence-corrected chi connectivity index (χ4v) is 5.96. The van der Waals surface area contributed by atoms with Crippen LogP contribution in [-0.4, -0.2) is 35.4 Å². The van der Waals surface area contributed by atoms with Gasteiger partial charge < -0.3 is 9.64 Å². The van der Waals surface area contributed by atoms with Crippen LogP contribution in [0.1, 0.15) is 24.0 Å². The van der Waals surface area contributed by atoms with Crippen LogP contribution >= 0.6 is 11.8 Å². The lowest BCUT2D eigenvalue weighted by molar-refractivity contribution is -0.120. The number of aliphatic imine (C=N–C) groups is 1. The number of methoxy groups -OCH3 is 1. The van der Waals surface area contributed by atoms with Crippen LogP contribution in [0, 0.1) is 0 Å². The second-order valence-corrected chi connectivity index (χ2v) is 8.42. The number of hydrogen-bond donors (Lipinski definition) is 0. The predicted molar refractivity (Wildman–Crippen MR) is 105 cm³/mol. The Hall–Kier alpha value is -2.27. The van der Waals surface area contributed by atoms with Gasteiger partial charge in [0.05, 0.1) is 13.2 Å². The van der Waals surface area contributed by atoms with Gasteiger partial charge in [0.15, 0.2) is 0 Å². The van der Waals surface area contributed by atoms with E-state index in [4.69, 9.17) is 4.74 Å². The normalized spacial score (nSPS) is 26.7. The molecule has 0 aromatic heterocycles. The van der Waals surface area contributed by atoms with Gasteiger partial charge in [-0.3, -0.25) is 4.79 Å². The third-order valence-electron chi connectivity index (χ3n) is 5.73. The first kappa shape index (κ1) is 15.9. The molecule has 3 aliphatic heterocycles. The van der Waals surface area contributed by atoms with Crippen molar-refractivity contribution in [1.82, 2.24) is 0 Å². The summed E-state index contributed by atoms with van der Waals surface area (Å²) in [5, 5.41) is 0.837. The number of amides is 1. The largest absolute Gasteiger partial charge is 0.497 e. The Morgan fingerprint density at radius 1 is 1.19 bits per heavy atom. The fourth-order valence-electron chi connectivity index (χ4n) is 4.49. The van der Waals surface area contributed by atoms with Gasteiger partial charge in [-0.2, -0.15) is 0 Å². The summed E-state index contributed by atoms with van der Waals surface area (Å²) >= 11 is 1.67. The molecule has 2 unspecified atom stereocenters. The van der Waals surface area contributed by atoms with Crippen LogP contribution in [0.2, 0.25) is 0 Å². The third-order valence-corrected chi connectivity index (χ3v) is 7.20. The molecule has 2 aromatic rings. The molecule has 2 aromatic carbocycles. The zero-order valence-corrected chi connectivity index (χ0v) is 15.5. The monoisotopic (exact) mass is 364 g/mol. The highest BCUT2D eigenvalue weighted by Gasteiger charge is 2.57. The Bertz CT molecular complexity index is 908. The van der Waals surface area contributed by atoms with Crippen molar-refractivity contribution in [2.24, 2.45) is 4.99 Å². The standard InChI is InChI=1S/C21H20N2O2S/c1-25-16-10-8-14(9-11-16)19-22-20(24)21(26-19)13-15-5-2-3-6-17(15)23-12-4-7-18(21)23/h2-3,5-6,8-11,18H,4,7,12-13H2,1H3. The van der Waals surface area contributed by atoms with Gasteiger partial charge in [-0.1, -0.05) is 30.0 Å². The number of anilines is 1. The van der Waals surface area contributed by atoms with Crippen LogP contribution in [0.4, 0.5) is 5.69 Å². The SMILES string of the molecule is COc1ccc(C2=NC(=O)C3(Cc4ccccc4N4CCCC43)S2)cc1. The molecule has 26 heavy (non-hydrogen) atoms. The first-order valence-corrected chi connectivity index (χ1v) is 9.84. The zero-order valence-electron chi connectivity index (χ0n) is 14.6. The summed E-state index contributed by atoms with van der Waals surface area (Å²) in [6, 6.07) is 16.6. The molecular weight excluding hydrogens is 344 g/mol. The van der Waals surface area contributed by atoms with Crippen LogP contribution in [0.3, 0.4) is 0 Å². The number of thioether (sulfide) groups is 1. The minimum absolute atomic E-state index is 0.0275. The topological polar surface area (TPSA) is 41.9 Å². The van der Waals surface area contributed by atoms with E-state index in [9.17, 15) is 4.79 Å². The van der Waals surface area contributed by atoms with Crippen LogP contribution in [0.25, 0.3) is 0 Å². The van der Waals surface area contributed by atoms with Gasteiger partial charge in [-0.15, -0.1) is 0 Å². The summed E-state index contributed by atoms with van der Waals surface area (Å²) in [5.41, 5.74) is 3.55. The summed E-state index contributed by atoms with van der Waals surface area (Å²) in [5.74, 6) is 0.840. The molecule has 1 saturated heterocycles. The van der Waals surface area contributed by atoms with E-state index < -0.39 is 4.75 Å². The third kappa shape index (κ3) is 2.23. The van der Waals surface area contributed by atoms with Crippen molar-refractivity contribution in [3.63, 3.8) is 0 Å². The second-order valence-electron chi connectivity index (χ2n) is 7.10. The maximum atomic E-state index is 13.2. The van der Waals surface area contributed by atoms with E-state index in [-0.39, 0.29) is 11.9 Å².